The Bertz CT molecular complexity index is 516. The lowest BCUT2D eigenvalue weighted by Gasteiger charge is -2.13. The summed E-state index contributed by atoms with van der Waals surface area (Å²) in [6.45, 7) is 4.67. The van der Waals surface area contributed by atoms with Gasteiger partial charge in [0.15, 0.2) is 0 Å². The number of aliphatic hydroxyl groups excluding tert-OH is 1. The maximum absolute atomic E-state index is 9.90. The number of aliphatic hydroxyl groups is 1. The maximum atomic E-state index is 9.90. The van der Waals surface area contributed by atoms with Crippen LogP contribution in [0.4, 0.5) is 0 Å². The number of rotatable bonds is 7. The van der Waals surface area contributed by atoms with Gasteiger partial charge in [-0.15, -0.1) is 5.10 Å². The number of aromatic nitrogens is 4. The van der Waals surface area contributed by atoms with Crippen molar-refractivity contribution in [2.24, 2.45) is 0 Å². The third-order valence-electron chi connectivity index (χ3n) is 2.61. The van der Waals surface area contributed by atoms with Gasteiger partial charge in [0.2, 0.25) is 5.16 Å². The van der Waals surface area contributed by atoms with Crippen LogP contribution in [0.25, 0.3) is 5.69 Å². The lowest BCUT2D eigenvalue weighted by molar-refractivity contribution is 0.192. The molecule has 1 aromatic carbocycles. The van der Waals surface area contributed by atoms with Crippen LogP contribution in [0.2, 0.25) is 0 Å². The molecular weight excluding hydrogens is 274 g/mol. The summed E-state index contributed by atoms with van der Waals surface area (Å²) in [4.78, 5) is 0. The predicted molar refractivity (Wildman–Crippen MR) is 79.0 cm³/mol. The van der Waals surface area contributed by atoms with Crippen molar-refractivity contribution in [1.29, 1.82) is 0 Å². The van der Waals surface area contributed by atoms with Gasteiger partial charge in [-0.25, -0.2) is 0 Å². The summed E-state index contributed by atoms with van der Waals surface area (Å²) in [6, 6.07) is 10.1. The Morgan fingerprint density at radius 2 is 2.05 bits per heavy atom. The molecule has 20 heavy (non-hydrogen) atoms. The minimum absolute atomic E-state index is 0.365. The molecule has 2 rings (SSSR count). The van der Waals surface area contributed by atoms with Crippen LogP contribution in [0.15, 0.2) is 35.5 Å². The minimum Gasteiger partial charge on any atom is -0.391 e. The number of thioether (sulfide) groups is 1. The highest BCUT2D eigenvalue weighted by atomic mass is 32.2. The van der Waals surface area contributed by atoms with Crippen molar-refractivity contribution in [3.8, 4) is 5.69 Å². The molecule has 6 nitrogen and oxygen atoms in total. The van der Waals surface area contributed by atoms with Gasteiger partial charge in [-0.1, -0.05) is 43.8 Å². The third-order valence-corrected chi connectivity index (χ3v) is 3.67. The minimum atomic E-state index is -0.427. The van der Waals surface area contributed by atoms with E-state index in [1.54, 1.807) is 4.68 Å². The molecule has 108 valence electrons. The summed E-state index contributed by atoms with van der Waals surface area (Å²) in [5.74, 6) is 0.549. The number of para-hydroxylation sites is 1. The molecule has 0 saturated heterocycles. The molecule has 1 unspecified atom stereocenters. The Balaban J connectivity index is 1.93. The maximum Gasteiger partial charge on any atom is 0.214 e. The zero-order valence-corrected chi connectivity index (χ0v) is 12.4. The first kappa shape index (κ1) is 15.0. The molecule has 0 bridgehead atoms. The van der Waals surface area contributed by atoms with Crippen molar-refractivity contribution in [2.45, 2.75) is 31.1 Å². The van der Waals surface area contributed by atoms with Gasteiger partial charge in [0, 0.05) is 18.3 Å². The molecule has 0 aliphatic heterocycles. The van der Waals surface area contributed by atoms with Gasteiger partial charge in [0.05, 0.1) is 11.8 Å². The molecule has 2 aromatic rings. The Morgan fingerprint density at radius 1 is 1.30 bits per heavy atom. The summed E-state index contributed by atoms with van der Waals surface area (Å²) in [7, 11) is 0. The molecule has 1 aromatic heterocycles. The van der Waals surface area contributed by atoms with E-state index < -0.39 is 6.10 Å². The van der Waals surface area contributed by atoms with Gasteiger partial charge in [-0.2, -0.15) is 4.68 Å². The van der Waals surface area contributed by atoms with E-state index in [9.17, 15) is 5.11 Å². The van der Waals surface area contributed by atoms with Crippen LogP contribution < -0.4 is 5.32 Å². The first-order chi connectivity index (χ1) is 9.66. The average Bonchev–Trinajstić information content (AvgIpc) is 2.92. The molecule has 0 spiro atoms. The number of benzene rings is 1. The number of tetrazole rings is 1. The third kappa shape index (κ3) is 4.29. The zero-order valence-electron chi connectivity index (χ0n) is 11.6. The predicted octanol–water partition coefficient (Wildman–Crippen LogP) is 1.11. The average molecular weight is 293 g/mol. The first-order valence-corrected chi connectivity index (χ1v) is 7.53. The van der Waals surface area contributed by atoms with Crippen molar-refractivity contribution in [2.75, 3.05) is 12.3 Å². The van der Waals surface area contributed by atoms with Crippen LogP contribution in [-0.4, -0.2) is 49.8 Å². The number of nitrogens with one attached hydrogen (secondary N) is 1. The highest BCUT2D eigenvalue weighted by Gasteiger charge is 2.12. The van der Waals surface area contributed by atoms with E-state index >= 15 is 0 Å². The van der Waals surface area contributed by atoms with E-state index in [4.69, 9.17) is 0 Å². The van der Waals surface area contributed by atoms with Crippen LogP contribution >= 0.6 is 11.8 Å². The monoisotopic (exact) mass is 293 g/mol. The summed E-state index contributed by atoms with van der Waals surface area (Å²) in [5, 5.41) is 25.4. The SMILES string of the molecule is CC(C)NCC(O)CSc1nnnn1-c1ccccc1. The van der Waals surface area contributed by atoms with Crippen LogP contribution in [0, 0.1) is 0 Å². The van der Waals surface area contributed by atoms with E-state index in [1.165, 1.54) is 11.8 Å². The molecule has 0 radical (unpaired) electrons. The zero-order chi connectivity index (χ0) is 14.4. The molecule has 0 fully saturated rings. The molecule has 0 aliphatic carbocycles. The van der Waals surface area contributed by atoms with Crippen LogP contribution in [0.5, 0.6) is 0 Å². The van der Waals surface area contributed by atoms with Crippen molar-refractivity contribution in [3.63, 3.8) is 0 Å². The topological polar surface area (TPSA) is 75.9 Å². The van der Waals surface area contributed by atoms with E-state index in [2.05, 4.69) is 34.7 Å². The normalized spacial score (nSPS) is 12.8. The quantitative estimate of drug-likeness (QED) is 0.745. The number of hydrogen-bond acceptors (Lipinski definition) is 6. The molecule has 1 atom stereocenters. The lowest BCUT2D eigenvalue weighted by atomic mass is 10.3. The molecule has 2 N–H and O–H groups in total. The van der Waals surface area contributed by atoms with Crippen molar-refractivity contribution >= 4 is 11.8 Å². The van der Waals surface area contributed by atoms with Crippen molar-refractivity contribution in [1.82, 2.24) is 25.5 Å². The number of hydrogen-bond donors (Lipinski definition) is 2. The summed E-state index contributed by atoms with van der Waals surface area (Å²) in [6.07, 6.45) is -0.427. The molecule has 0 amide bonds. The second kappa shape index (κ2) is 7.37. The smallest absolute Gasteiger partial charge is 0.214 e. The molecule has 0 saturated carbocycles. The molecule has 7 heteroatoms. The highest BCUT2D eigenvalue weighted by molar-refractivity contribution is 7.99. The van der Waals surface area contributed by atoms with Gasteiger partial charge >= 0.3 is 0 Å². The first-order valence-electron chi connectivity index (χ1n) is 6.55. The fourth-order valence-electron chi connectivity index (χ4n) is 1.60. The van der Waals surface area contributed by atoms with Crippen molar-refractivity contribution < 1.29 is 5.11 Å². The summed E-state index contributed by atoms with van der Waals surface area (Å²) < 4.78 is 1.67. The summed E-state index contributed by atoms with van der Waals surface area (Å²) in [5.41, 5.74) is 0.912. The van der Waals surface area contributed by atoms with Gasteiger partial charge < -0.3 is 10.4 Å². The van der Waals surface area contributed by atoms with E-state index in [0.717, 1.165) is 5.69 Å². The van der Waals surface area contributed by atoms with Gasteiger partial charge in [0.1, 0.15) is 0 Å². The molecule has 1 heterocycles. The Labute approximate surface area is 122 Å². The van der Waals surface area contributed by atoms with Gasteiger partial charge in [-0.05, 0) is 22.6 Å². The standard InChI is InChI=1S/C13H19N5OS/c1-10(2)14-8-12(19)9-20-13-15-16-17-18(13)11-6-4-3-5-7-11/h3-7,10,12,14,19H,8-9H2,1-2H3. The van der Waals surface area contributed by atoms with Crippen molar-refractivity contribution in [3.05, 3.63) is 30.3 Å². The lowest BCUT2D eigenvalue weighted by Crippen LogP contribution is -2.33. The fourth-order valence-corrected chi connectivity index (χ4v) is 2.42. The summed E-state index contributed by atoms with van der Waals surface area (Å²) >= 11 is 1.45. The molecular formula is C13H19N5OS. The largest absolute Gasteiger partial charge is 0.391 e. The van der Waals surface area contributed by atoms with E-state index in [0.29, 0.717) is 23.5 Å². The fraction of sp³-hybridized carbons (Fsp3) is 0.462. The highest BCUT2D eigenvalue weighted by Crippen LogP contribution is 2.18. The van der Waals surface area contributed by atoms with E-state index in [1.807, 2.05) is 30.3 Å². The van der Waals surface area contributed by atoms with Gasteiger partial charge in [-0.3, -0.25) is 0 Å². The van der Waals surface area contributed by atoms with Crippen LogP contribution in [0.3, 0.4) is 0 Å². The number of nitrogens with zero attached hydrogens (tertiary/aromatic N) is 4. The Hall–Kier alpha value is -1.44. The van der Waals surface area contributed by atoms with E-state index in [-0.39, 0.29) is 0 Å². The Morgan fingerprint density at radius 3 is 2.75 bits per heavy atom. The second-order valence-electron chi connectivity index (χ2n) is 4.74. The second-order valence-corrected chi connectivity index (χ2v) is 5.72. The molecule has 0 aliphatic rings. The van der Waals surface area contributed by atoms with Crippen LogP contribution in [-0.2, 0) is 0 Å². The Kier molecular flexibility index (Phi) is 5.51. The van der Waals surface area contributed by atoms with Gasteiger partial charge in [0.25, 0.3) is 0 Å². The van der Waals surface area contributed by atoms with Crippen LogP contribution in [0.1, 0.15) is 13.8 Å².